The van der Waals surface area contributed by atoms with Crippen LogP contribution < -0.4 is 4.74 Å². The number of rotatable bonds is 17. The van der Waals surface area contributed by atoms with E-state index >= 15 is 0 Å². The van der Waals surface area contributed by atoms with Crippen molar-refractivity contribution in [3.05, 3.63) is 66.5 Å². The molecule has 0 saturated heterocycles. The van der Waals surface area contributed by atoms with Crippen LogP contribution in [0.3, 0.4) is 0 Å². The molecule has 204 valence electrons. The zero-order chi connectivity index (χ0) is 27.0. The van der Waals surface area contributed by atoms with Crippen LogP contribution >= 0.6 is 0 Å². The molecule has 0 radical (unpaired) electrons. The Morgan fingerprint density at radius 1 is 0.711 bits per heavy atom. The number of carbonyl (C=O) groups is 1. The van der Waals surface area contributed by atoms with Gasteiger partial charge in [0.15, 0.2) is 5.82 Å². The molecule has 0 amide bonds. The summed E-state index contributed by atoms with van der Waals surface area (Å²) in [7, 11) is 0. The number of unbranched alkanes of at least 4 members (excludes halogenated alkanes) is 7. The molecule has 0 spiro atoms. The average molecular weight is 515 g/mol. The van der Waals surface area contributed by atoms with E-state index in [1.807, 2.05) is 36.7 Å². The van der Waals surface area contributed by atoms with Crippen LogP contribution in [0, 0.1) is 5.92 Å². The zero-order valence-corrected chi connectivity index (χ0v) is 23.8. The molecule has 0 aliphatic carbocycles. The van der Waals surface area contributed by atoms with E-state index in [0.717, 1.165) is 35.4 Å². The van der Waals surface area contributed by atoms with Gasteiger partial charge >= 0.3 is 5.97 Å². The fourth-order valence-corrected chi connectivity index (χ4v) is 4.71. The first kappa shape index (κ1) is 29.5. The molecule has 0 saturated carbocycles. The van der Waals surface area contributed by atoms with Gasteiger partial charge in [0.05, 0.1) is 0 Å². The predicted octanol–water partition coefficient (Wildman–Crippen LogP) is 9.62. The van der Waals surface area contributed by atoms with Crippen LogP contribution in [0.5, 0.6) is 5.75 Å². The maximum atomic E-state index is 12.3. The molecule has 2 aromatic carbocycles. The predicted molar refractivity (Wildman–Crippen MR) is 158 cm³/mol. The number of hydrogen-bond acceptors (Lipinski definition) is 4. The lowest BCUT2D eigenvalue weighted by atomic mass is 9.98. The third-order valence-electron chi connectivity index (χ3n) is 7.24. The lowest BCUT2D eigenvalue weighted by Gasteiger charge is -2.11. The minimum absolute atomic E-state index is 0.157. The van der Waals surface area contributed by atoms with Gasteiger partial charge in [0.1, 0.15) is 5.75 Å². The fourth-order valence-electron chi connectivity index (χ4n) is 4.71. The smallest absolute Gasteiger partial charge is 0.311 e. The molecule has 38 heavy (non-hydrogen) atoms. The van der Waals surface area contributed by atoms with Gasteiger partial charge in [-0.25, -0.2) is 9.97 Å². The molecule has 0 bridgehead atoms. The second-order valence-electron chi connectivity index (χ2n) is 10.6. The first-order valence-corrected chi connectivity index (χ1v) is 14.8. The Bertz CT molecular complexity index is 1060. The van der Waals surface area contributed by atoms with E-state index < -0.39 is 0 Å². The van der Waals surface area contributed by atoms with Crippen molar-refractivity contribution >= 4 is 5.97 Å². The number of aryl methyl sites for hydroxylation is 1. The van der Waals surface area contributed by atoms with Gasteiger partial charge < -0.3 is 4.74 Å². The number of aromatic nitrogens is 2. The van der Waals surface area contributed by atoms with E-state index in [1.165, 1.54) is 69.8 Å². The molecule has 3 rings (SSSR count). The lowest BCUT2D eigenvalue weighted by molar-refractivity contribution is -0.134. The van der Waals surface area contributed by atoms with Gasteiger partial charge in [-0.05, 0) is 48.4 Å². The fraction of sp³-hybridized carbons (Fsp3) is 0.500. The first-order valence-electron chi connectivity index (χ1n) is 14.8. The number of benzene rings is 2. The van der Waals surface area contributed by atoms with Gasteiger partial charge in [-0.15, -0.1) is 0 Å². The molecule has 0 fully saturated rings. The minimum atomic E-state index is -0.157. The third-order valence-corrected chi connectivity index (χ3v) is 7.24. The van der Waals surface area contributed by atoms with Crippen molar-refractivity contribution in [1.29, 1.82) is 0 Å². The molecule has 4 heteroatoms. The summed E-state index contributed by atoms with van der Waals surface area (Å²) in [6, 6.07) is 16.2. The standard InChI is InChI=1S/C34H46N2O2/c1-4-6-8-10-11-13-27(3)15-24-33(37)38-32-22-20-29(21-23-32)31-25-35-34(36-26-31)30-18-16-28(17-19-30)14-12-9-7-5-2/h16-23,25-27H,4-15,24H2,1-3H3. The van der Waals surface area contributed by atoms with Crippen LogP contribution in [0.4, 0.5) is 0 Å². The van der Waals surface area contributed by atoms with E-state index in [2.05, 4.69) is 55.0 Å². The maximum absolute atomic E-state index is 12.3. The number of nitrogens with zero attached hydrogens (tertiary/aromatic N) is 2. The van der Waals surface area contributed by atoms with Crippen molar-refractivity contribution in [2.75, 3.05) is 0 Å². The van der Waals surface area contributed by atoms with E-state index in [9.17, 15) is 4.79 Å². The second-order valence-corrected chi connectivity index (χ2v) is 10.6. The van der Waals surface area contributed by atoms with E-state index in [1.54, 1.807) is 0 Å². The normalized spacial score (nSPS) is 11.9. The largest absolute Gasteiger partial charge is 0.427 e. The summed E-state index contributed by atoms with van der Waals surface area (Å²) in [5.41, 5.74) is 4.33. The molecule has 0 N–H and O–H groups in total. The molecule has 1 unspecified atom stereocenters. The third kappa shape index (κ3) is 10.4. The molecule has 1 heterocycles. The maximum Gasteiger partial charge on any atom is 0.311 e. The number of ether oxygens (including phenoxy) is 1. The van der Waals surface area contributed by atoms with Gasteiger partial charge in [0.25, 0.3) is 0 Å². The average Bonchev–Trinajstić information content (AvgIpc) is 2.95. The topological polar surface area (TPSA) is 52.1 Å². The molecule has 3 aromatic rings. The highest BCUT2D eigenvalue weighted by Crippen LogP contribution is 2.24. The highest BCUT2D eigenvalue weighted by atomic mass is 16.5. The van der Waals surface area contributed by atoms with Gasteiger partial charge in [-0.2, -0.15) is 0 Å². The molecular formula is C34H46N2O2. The van der Waals surface area contributed by atoms with Crippen molar-refractivity contribution in [3.8, 4) is 28.3 Å². The highest BCUT2D eigenvalue weighted by molar-refractivity contribution is 5.73. The number of hydrogen-bond donors (Lipinski definition) is 0. The second kappa shape index (κ2) is 16.8. The van der Waals surface area contributed by atoms with Crippen LogP contribution in [0.15, 0.2) is 60.9 Å². The van der Waals surface area contributed by atoms with E-state index in [-0.39, 0.29) is 5.97 Å². The molecule has 0 aliphatic heterocycles. The number of carbonyl (C=O) groups excluding carboxylic acids is 1. The Labute approximate surface area is 230 Å². The molecule has 4 nitrogen and oxygen atoms in total. The lowest BCUT2D eigenvalue weighted by Crippen LogP contribution is -2.09. The van der Waals surface area contributed by atoms with Crippen LogP contribution in [-0.4, -0.2) is 15.9 Å². The Morgan fingerprint density at radius 2 is 1.32 bits per heavy atom. The van der Waals surface area contributed by atoms with Crippen molar-refractivity contribution in [1.82, 2.24) is 9.97 Å². The summed E-state index contributed by atoms with van der Waals surface area (Å²) in [6.45, 7) is 6.72. The van der Waals surface area contributed by atoms with Crippen LogP contribution in [0.2, 0.25) is 0 Å². The Hall–Kier alpha value is -3.01. The summed E-state index contributed by atoms with van der Waals surface area (Å²) in [6.07, 6.45) is 19.0. The minimum Gasteiger partial charge on any atom is -0.427 e. The first-order chi connectivity index (χ1) is 18.6. The quantitative estimate of drug-likeness (QED) is 0.102. The van der Waals surface area contributed by atoms with Crippen molar-refractivity contribution < 1.29 is 9.53 Å². The highest BCUT2D eigenvalue weighted by Gasteiger charge is 2.10. The SMILES string of the molecule is CCCCCCCC(C)CCC(=O)Oc1ccc(-c2cnc(-c3ccc(CCCCCC)cc3)nc2)cc1. The van der Waals surface area contributed by atoms with Crippen LogP contribution in [-0.2, 0) is 11.2 Å². The van der Waals surface area contributed by atoms with E-state index in [0.29, 0.717) is 18.1 Å². The Kier molecular flexibility index (Phi) is 13.0. The van der Waals surface area contributed by atoms with E-state index in [4.69, 9.17) is 4.74 Å². The van der Waals surface area contributed by atoms with Gasteiger partial charge in [0, 0.05) is 29.9 Å². The van der Waals surface area contributed by atoms with Gasteiger partial charge in [0.2, 0.25) is 0 Å². The molecule has 1 atom stereocenters. The monoisotopic (exact) mass is 514 g/mol. The Balaban J connectivity index is 1.44. The summed E-state index contributed by atoms with van der Waals surface area (Å²) >= 11 is 0. The summed E-state index contributed by atoms with van der Waals surface area (Å²) in [4.78, 5) is 21.5. The van der Waals surface area contributed by atoms with Crippen LogP contribution in [0.25, 0.3) is 22.5 Å². The van der Waals surface area contributed by atoms with Crippen molar-refractivity contribution in [2.45, 2.75) is 104 Å². The van der Waals surface area contributed by atoms with Gasteiger partial charge in [-0.3, -0.25) is 4.79 Å². The molecule has 0 aliphatic rings. The summed E-state index contributed by atoms with van der Waals surface area (Å²) in [5, 5.41) is 0. The van der Waals surface area contributed by atoms with Crippen LogP contribution in [0.1, 0.15) is 103 Å². The number of esters is 1. The van der Waals surface area contributed by atoms with Crippen molar-refractivity contribution in [2.24, 2.45) is 5.92 Å². The molecular weight excluding hydrogens is 468 g/mol. The Morgan fingerprint density at radius 3 is 1.97 bits per heavy atom. The van der Waals surface area contributed by atoms with Gasteiger partial charge in [-0.1, -0.05) is 115 Å². The summed E-state index contributed by atoms with van der Waals surface area (Å²) in [5.74, 6) is 1.71. The summed E-state index contributed by atoms with van der Waals surface area (Å²) < 4.78 is 5.57. The molecule has 1 aromatic heterocycles. The zero-order valence-electron chi connectivity index (χ0n) is 23.8. The van der Waals surface area contributed by atoms with Crippen molar-refractivity contribution in [3.63, 3.8) is 0 Å².